The molecule has 2 N–H and O–H groups in total. The normalized spacial score (nSPS) is 19.6. The predicted octanol–water partition coefficient (Wildman–Crippen LogP) is 1.83. The lowest BCUT2D eigenvalue weighted by Gasteiger charge is -2.16. The first-order valence-electron chi connectivity index (χ1n) is 4.74. The zero-order valence-corrected chi connectivity index (χ0v) is 8.24. The van der Waals surface area contributed by atoms with E-state index in [-0.39, 0.29) is 23.6 Å². The second-order valence-electron chi connectivity index (χ2n) is 3.93. The smallest absolute Gasteiger partial charge is 0.252 e. The molecule has 0 saturated carbocycles. The molecule has 3 nitrogen and oxygen atoms in total. The van der Waals surface area contributed by atoms with E-state index in [1.165, 1.54) is 0 Å². The molecule has 0 radical (unpaired) electrons. The van der Waals surface area contributed by atoms with Gasteiger partial charge in [-0.2, -0.15) is 0 Å². The van der Waals surface area contributed by atoms with Crippen LogP contribution in [0, 0.1) is 5.92 Å². The van der Waals surface area contributed by atoms with E-state index in [1.807, 2.05) is 13.8 Å². The highest BCUT2D eigenvalue weighted by molar-refractivity contribution is 5.99. The van der Waals surface area contributed by atoms with Crippen molar-refractivity contribution in [3.05, 3.63) is 29.3 Å². The Morgan fingerprint density at radius 2 is 2.14 bits per heavy atom. The average Bonchev–Trinajstić information content (AvgIpc) is 2.46. The Labute approximate surface area is 82.8 Å². The summed E-state index contributed by atoms with van der Waals surface area (Å²) in [6.07, 6.45) is 0. The summed E-state index contributed by atoms with van der Waals surface area (Å²) >= 11 is 0. The van der Waals surface area contributed by atoms with Crippen LogP contribution in [0.2, 0.25) is 0 Å². The molecule has 0 bridgehead atoms. The minimum absolute atomic E-state index is 0.0568. The molecular formula is C11H13NO2. The first-order chi connectivity index (χ1) is 6.61. The molecule has 3 heteroatoms. The fraction of sp³-hybridized carbons (Fsp3) is 0.364. The number of amides is 1. The van der Waals surface area contributed by atoms with Gasteiger partial charge in [-0.15, -0.1) is 0 Å². The SMILES string of the molecule is CC(C)C1NC(=O)c2cccc(O)c21. The number of nitrogens with one attached hydrogen (secondary N) is 1. The van der Waals surface area contributed by atoms with E-state index in [1.54, 1.807) is 18.2 Å². The van der Waals surface area contributed by atoms with Crippen LogP contribution in [0.4, 0.5) is 0 Å². The summed E-state index contributed by atoms with van der Waals surface area (Å²) in [4.78, 5) is 11.5. The molecule has 1 aromatic carbocycles. The van der Waals surface area contributed by atoms with Crippen LogP contribution in [-0.2, 0) is 0 Å². The van der Waals surface area contributed by atoms with Crippen molar-refractivity contribution >= 4 is 5.91 Å². The topological polar surface area (TPSA) is 49.3 Å². The summed E-state index contributed by atoms with van der Waals surface area (Å²) in [7, 11) is 0. The Kier molecular flexibility index (Phi) is 1.95. The highest BCUT2D eigenvalue weighted by Gasteiger charge is 2.32. The molecule has 1 atom stereocenters. The van der Waals surface area contributed by atoms with Crippen LogP contribution in [0.3, 0.4) is 0 Å². The number of hydrogen-bond donors (Lipinski definition) is 2. The highest BCUT2D eigenvalue weighted by Crippen LogP contribution is 2.36. The van der Waals surface area contributed by atoms with Gasteiger partial charge in [-0.05, 0) is 18.1 Å². The molecule has 1 unspecified atom stereocenters. The molecule has 1 aliphatic rings. The molecule has 1 aromatic rings. The molecule has 1 heterocycles. The lowest BCUT2D eigenvalue weighted by Crippen LogP contribution is -2.22. The van der Waals surface area contributed by atoms with Crippen molar-refractivity contribution in [3.8, 4) is 5.75 Å². The predicted molar refractivity (Wildman–Crippen MR) is 53.2 cm³/mol. The van der Waals surface area contributed by atoms with E-state index in [0.29, 0.717) is 5.56 Å². The summed E-state index contributed by atoms with van der Waals surface area (Å²) in [5.74, 6) is 0.405. The number of fused-ring (bicyclic) bond motifs is 1. The molecule has 0 aromatic heterocycles. The number of carbonyl (C=O) groups excluding carboxylic acids is 1. The number of benzene rings is 1. The summed E-state index contributed by atoms with van der Waals surface area (Å²) in [6, 6.07) is 5.00. The van der Waals surface area contributed by atoms with Gasteiger partial charge >= 0.3 is 0 Å². The van der Waals surface area contributed by atoms with Gasteiger partial charge < -0.3 is 10.4 Å². The lowest BCUT2D eigenvalue weighted by molar-refractivity contribution is 0.0949. The van der Waals surface area contributed by atoms with E-state index < -0.39 is 0 Å². The van der Waals surface area contributed by atoms with Gasteiger partial charge in [-0.1, -0.05) is 19.9 Å². The van der Waals surface area contributed by atoms with Crippen molar-refractivity contribution in [1.82, 2.24) is 5.32 Å². The zero-order chi connectivity index (χ0) is 10.3. The van der Waals surface area contributed by atoms with Crippen molar-refractivity contribution in [2.45, 2.75) is 19.9 Å². The largest absolute Gasteiger partial charge is 0.508 e. The fourth-order valence-corrected chi connectivity index (χ4v) is 1.87. The van der Waals surface area contributed by atoms with Gasteiger partial charge in [-0.3, -0.25) is 4.79 Å². The molecule has 74 valence electrons. The van der Waals surface area contributed by atoms with Crippen LogP contribution >= 0.6 is 0 Å². The van der Waals surface area contributed by atoms with Gasteiger partial charge in [0.15, 0.2) is 0 Å². The molecule has 0 aliphatic carbocycles. The van der Waals surface area contributed by atoms with Crippen molar-refractivity contribution < 1.29 is 9.90 Å². The number of phenols is 1. The standard InChI is InChI=1S/C11H13NO2/c1-6(2)10-9-7(11(14)12-10)4-3-5-8(9)13/h3-6,10,13H,1-2H3,(H,12,14). The third-order valence-electron chi connectivity index (χ3n) is 2.59. The van der Waals surface area contributed by atoms with E-state index >= 15 is 0 Å². The monoisotopic (exact) mass is 191 g/mol. The maximum atomic E-state index is 11.5. The molecule has 14 heavy (non-hydrogen) atoms. The van der Waals surface area contributed by atoms with Gasteiger partial charge in [0.05, 0.1) is 6.04 Å². The zero-order valence-electron chi connectivity index (χ0n) is 8.24. The van der Waals surface area contributed by atoms with Gasteiger partial charge in [0.1, 0.15) is 5.75 Å². The molecule has 0 fully saturated rings. The number of aromatic hydroxyl groups is 1. The van der Waals surface area contributed by atoms with Crippen molar-refractivity contribution in [2.75, 3.05) is 0 Å². The molecule has 1 amide bonds. The first-order valence-corrected chi connectivity index (χ1v) is 4.74. The third-order valence-corrected chi connectivity index (χ3v) is 2.59. The Balaban J connectivity index is 2.56. The van der Waals surface area contributed by atoms with Crippen LogP contribution in [0.15, 0.2) is 18.2 Å². The van der Waals surface area contributed by atoms with Crippen LogP contribution in [0.25, 0.3) is 0 Å². The summed E-state index contributed by atoms with van der Waals surface area (Å²) < 4.78 is 0. The summed E-state index contributed by atoms with van der Waals surface area (Å²) in [5.41, 5.74) is 1.34. The van der Waals surface area contributed by atoms with E-state index in [0.717, 1.165) is 5.56 Å². The van der Waals surface area contributed by atoms with Crippen LogP contribution in [0.5, 0.6) is 5.75 Å². The van der Waals surface area contributed by atoms with E-state index in [4.69, 9.17) is 0 Å². The molecule has 0 spiro atoms. The number of phenolic OH excluding ortho intramolecular Hbond substituents is 1. The van der Waals surface area contributed by atoms with Crippen LogP contribution in [-0.4, -0.2) is 11.0 Å². The Hall–Kier alpha value is -1.51. The molecule has 0 saturated heterocycles. The summed E-state index contributed by atoms with van der Waals surface area (Å²) in [6.45, 7) is 4.04. The molecule has 1 aliphatic heterocycles. The second kappa shape index (κ2) is 3.01. The van der Waals surface area contributed by atoms with Gasteiger partial charge in [0.2, 0.25) is 0 Å². The van der Waals surface area contributed by atoms with Crippen molar-refractivity contribution in [1.29, 1.82) is 0 Å². The van der Waals surface area contributed by atoms with Crippen molar-refractivity contribution in [3.63, 3.8) is 0 Å². The minimum Gasteiger partial charge on any atom is -0.508 e. The molecule has 2 rings (SSSR count). The Bertz CT molecular complexity index is 385. The first kappa shape index (κ1) is 9.06. The molecular weight excluding hydrogens is 178 g/mol. The van der Waals surface area contributed by atoms with E-state index in [2.05, 4.69) is 5.32 Å². The highest BCUT2D eigenvalue weighted by atomic mass is 16.3. The average molecular weight is 191 g/mol. The van der Waals surface area contributed by atoms with Gasteiger partial charge in [-0.25, -0.2) is 0 Å². The van der Waals surface area contributed by atoms with Crippen LogP contribution < -0.4 is 5.32 Å². The number of carbonyl (C=O) groups is 1. The number of rotatable bonds is 1. The quantitative estimate of drug-likeness (QED) is 0.711. The minimum atomic E-state index is -0.0883. The van der Waals surface area contributed by atoms with E-state index in [9.17, 15) is 9.90 Å². The lowest BCUT2D eigenvalue weighted by atomic mass is 9.95. The van der Waals surface area contributed by atoms with Gasteiger partial charge in [0, 0.05) is 11.1 Å². The van der Waals surface area contributed by atoms with Crippen molar-refractivity contribution in [2.24, 2.45) is 5.92 Å². The summed E-state index contributed by atoms with van der Waals surface area (Å²) in [5, 5.41) is 12.5. The Morgan fingerprint density at radius 3 is 2.79 bits per heavy atom. The number of hydrogen-bond acceptors (Lipinski definition) is 2. The van der Waals surface area contributed by atoms with Crippen LogP contribution in [0.1, 0.15) is 35.8 Å². The fourth-order valence-electron chi connectivity index (χ4n) is 1.87. The maximum absolute atomic E-state index is 11.5. The third kappa shape index (κ3) is 1.16. The maximum Gasteiger partial charge on any atom is 0.252 e. The second-order valence-corrected chi connectivity index (χ2v) is 3.93. The van der Waals surface area contributed by atoms with Gasteiger partial charge in [0.25, 0.3) is 5.91 Å². The Morgan fingerprint density at radius 1 is 1.43 bits per heavy atom.